The molecule has 0 radical (unpaired) electrons. The van der Waals surface area contributed by atoms with Gasteiger partial charge in [-0.1, -0.05) is 15.9 Å². The minimum Gasteiger partial charge on any atom is -0.506 e. The van der Waals surface area contributed by atoms with E-state index in [4.69, 9.17) is 0 Å². The van der Waals surface area contributed by atoms with Crippen molar-refractivity contribution in [2.75, 3.05) is 5.32 Å². The van der Waals surface area contributed by atoms with Gasteiger partial charge in [-0.3, -0.25) is 19.7 Å². The number of benzene rings is 1. The molecule has 0 aliphatic carbocycles. The highest BCUT2D eigenvalue weighted by atomic mass is 79.9. The molecule has 0 saturated heterocycles. The number of nitrogens with one attached hydrogen (secondary N) is 2. The minimum atomic E-state index is -0.829. The Bertz CT molecular complexity index is 669. The third-order valence-corrected chi connectivity index (χ3v) is 2.98. The van der Waals surface area contributed by atoms with Crippen LogP contribution < -0.4 is 10.8 Å². The number of carbonyl (C=O) groups excluding carboxylic acids is 2. The average molecular weight is 402 g/mol. The zero-order valence-corrected chi connectivity index (χ0v) is 14.5. The van der Waals surface area contributed by atoms with Gasteiger partial charge in [0.2, 0.25) is 5.91 Å². The van der Waals surface area contributed by atoms with E-state index in [-0.39, 0.29) is 23.0 Å². The highest BCUT2D eigenvalue weighted by Gasteiger charge is 2.25. The summed E-state index contributed by atoms with van der Waals surface area (Å²) in [5.41, 5.74) is 1.96. The monoisotopic (exact) mass is 401 g/mol. The molecule has 0 aromatic heterocycles. The number of nitrogens with zero attached hydrogens (tertiary/aromatic N) is 1. The van der Waals surface area contributed by atoms with Crippen molar-refractivity contribution in [3.05, 3.63) is 40.7 Å². The number of hydrogen-bond donors (Lipinski definition) is 3. The van der Waals surface area contributed by atoms with Gasteiger partial charge in [-0.2, -0.15) is 5.48 Å². The van der Waals surface area contributed by atoms with Crippen molar-refractivity contribution in [1.29, 1.82) is 0 Å². The lowest BCUT2D eigenvalue weighted by Crippen LogP contribution is -2.30. The predicted octanol–water partition coefficient (Wildman–Crippen LogP) is 2.36. The van der Waals surface area contributed by atoms with E-state index in [1.807, 2.05) is 0 Å². The molecule has 9 nitrogen and oxygen atoms in total. The Morgan fingerprint density at radius 2 is 2.17 bits per heavy atom. The van der Waals surface area contributed by atoms with Crippen molar-refractivity contribution < 1.29 is 24.5 Å². The second kappa shape index (κ2) is 8.29. The van der Waals surface area contributed by atoms with Gasteiger partial charge in [-0.05, 0) is 26.0 Å². The number of phenolic OH excluding ortho intramolecular Hbond substituents is 1. The lowest BCUT2D eigenvalue weighted by molar-refractivity contribution is -0.384. The summed E-state index contributed by atoms with van der Waals surface area (Å²) in [6, 6.07) is 3.42. The summed E-state index contributed by atoms with van der Waals surface area (Å²) in [6.45, 7) is 3.24. The van der Waals surface area contributed by atoms with Crippen molar-refractivity contribution >= 4 is 39.1 Å². The Morgan fingerprint density at radius 1 is 1.50 bits per heavy atom. The number of amides is 2. The number of anilines is 1. The number of rotatable bonds is 3. The molecule has 1 aromatic rings. The number of aromatic hydroxyl groups is 1. The van der Waals surface area contributed by atoms with Crippen LogP contribution in [0.3, 0.4) is 0 Å². The molecule has 0 atom stereocenters. The number of phenols is 1. The SMILES string of the molecule is CC(C)(Br)C(=O)Nc1cc([N+](=O)[O-])ccc1O.O=C1CC=CON1. The quantitative estimate of drug-likeness (QED) is 0.308. The summed E-state index contributed by atoms with van der Waals surface area (Å²) in [6.07, 6.45) is 3.53. The maximum Gasteiger partial charge on any atom is 0.271 e. The molecule has 3 N–H and O–H groups in total. The van der Waals surface area contributed by atoms with Gasteiger partial charge in [0.25, 0.3) is 11.6 Å². The van der Waals surface area contributed by atoms with Gasteiger partial charge in [0.05, 0.1) is 21.4 Å². The largest absolute Gasteiger partial charge is 0.506 e. The van der Waals surface area contributed by atoms with Crippen LogP contribution in [0.25, 0.3) is 0 Å². The third-order valence-electron chi connectivity index (χ3n) is 2.62. The average Bonchev–Trinajstić information content (AvgIpc) is 2.49. The van der Waals surface area contributed by atoms with E-state index in [1.54, 1.807) is 19.9 Å². The number of alkyl halides is 1. The number of halogens is 1. The van der Waals surface area contributed by atoms with E-state index in [0.29, 0.717) is 6.42 Å². The summed E-state index contributed by atoms with van der Waals surface area (Å²) in [7, 11) is 0. The number of hydroxylamine groups is 1. The van der Waals surface area contributed by atoms with Gasteiger partial charge in [-0.25, -0.2) is 0 Å². The van der Waals surface area contributed by atoms with E-state index >= 15 is 0 Å². The molecule has 0 bridgehead atoms. The van der Waals surface area contributed by atoms with E-state index in [2.05, 4.69) is 31.6 Å². The minimum absolute atomic E-state index is 0.0109. The molecule has 2 amide bonds. The first-order valence-corrected chi connectivity index (χ1v) is 7.48. The maximum atomic E-state index is 11.6. The van der Waals surface area contributed by atoms with Crippen LogP contribution >= 0.6 is 15.9 Å². The van der Waals surface area contributed by atoms with Crippen LogP contribution in [0.15, 0.2) is 30.5 Å². The van der Waals surface area contributed by atoms with Gasteiger partial charge in [0.1, 0.15) is 12.0 Å². The smallest absolute Gasteiger partial charge is 0.271 e. The number of hydrogen-bond acceptors (Lipinski definition) is 6. The van der Waals surface area contributed by atoms with E-state index < -0.39 is 15.2 Å². The zero-order chi connectivity index (χ0) is 18.3. The van der Waals surface area contributed by atoms with Crippen LogP contribution in [0.1, 0.15) is 20.3 Å². The summed E-state index contributed by atoms with van der Waals surface area (Å²) in [4.78, 5) is 36.2. The van der Waals surface area contributed by atoms with Gasteiger partial charge < -0.3 is 15.3 Å². The second-order valence-electron chi connectivity index (χ2n) is 5.10. The summed E-state index contributed by atoms with van der Waals surface area (Å²) < 4.78 is -0.829. The van der Waals surface area contributed by atoms with Crippen LogP contribution in [-0.2, 0) is 14.4 Å². The third kappa shape index (κ3) is 6.24. The molecule has 24 heavy (non-hydrogen) atoms. The van der Waals surface area contributed by atoms with Crippen molar-refractivity contribution in [3.8, 4) is 5.75 Å². The molecular weight excluding hydrogens is 386 g/mol. The zero-order valence-electron chi connectivity index (χ0n) is 12.9. The lowest BCUT2D eigenvalue weighted by Gasteiger charge is -2.16. The van der Waals surface area contributed by atoms with Gasteiger partial charge in [-0.15, -0.1) is 0 Å². The molecule has 2 rings (SSSR count). The Morgan fingerprint density at radius 3 is 2.58 bits per heavy atom. The molecule has 10 heteroatoms. The topological polar surface area (TPSA) is 131 Å². The van der Waals surface area contributed by atoms with Crippen molar-refractivity contribution in [1.82, 2.24) is 5.48 Å². The van der Waals surface area contributed by atoms with Crippen LogP contribution in [-0.4, -0.2) is 26.2 Å². The molecule has 1 aliphatic heterocycles. The standard InChI is InChI=1S/C10H11BrN2O4.C4H5NO2/c1-10(2,11)9(15)12-7-5-6(13(16)17)3-4-8(7)14;6-4-2-1-3-7-5-4/h3-5,14H,1-2H3,(H,12,15);1,3H,2H2,(H,5,6). The van der Waals surface area contributed by atoms with Crippen LogP contribution in [0.5, 0.6) is 5.75 Å². The van der Waals surface area contributed by atoms with E-state index in [0.717, 1.165) is 18.2 Å². The van der Waals surface area contributed by atoms with Crippen LogP contribution in [0.2, 0.25) is 0 Å². The number of carbonyl (C=O) groups is 2. The fourth-order valence-electron chi connectivity index (χ4n) is 1.35. The first kappa shape index (κ1) is 19.4. The summed E-state index contributed by atoms with van der Waals surface area (Å²) >= 11 is 3.15. The Hall–Kier alpha value is -2.62. The normalized spacial score (nSPS) is 13.0. The number of nitro groups is 1. The first-order chi connectivity index (χ1) is 11.1. The van der Waals surface area contributed by atoms with E-state index in [1.165, 1.54) is 6.26 Å². The molecule has 1 aliphatic rings. The number of non-ortho nitro benzene ring substituents is 1. The molecule has 0 saturated carbocycles. The van der Waals surface area contributed by atoms with Crippen LogP contribution in [0, 0.1) is 10.1 Å². The fraction of sp³-hybridized carbons (Fsp3) is 0.286. The number of nitro benzene ring substituents is 1. The predicted molar refractivity (Wildman–Crippen MR) is 89.4 cm³/mol. The molecular formula is C14H16BrN3O6. The highest BCUT2D eigenvalue weighted by Crippen LogP contribution is 2.29. The highest BCUT2D eigenvalue weighted by molar-refractivity contribution is 9.10. The molecule has 1 aromatic carbocycles. The Balaban J connectivity index is 0.000000341. The van der Waals surface area contributed by atoms with Gasteiger partial charge >= 0.3 is 0 Å². The van der Waals surface area contributed by atoms with Crippen molar-refractivity contribution in [3.63, 3.8) is 0 Å². The lowest BCUT2D eigenvalue weighted by atomic mass is 10.2. The van der Waals surface area contributed by atoms with Gasteiger partial charge in [0.15, 0.2) is 0 Å². The van der Waals surface area contributed by atoms with Crippen molar-refractivity contribution in [2.24, 2.45) is 0 Å². The Kier molecular flexibility index (Phi) is 6.71. The molecule has 130 valence electrons. The fourth-order valence-corrected chi connectivity index (χ4v) is 1.45. The first-order valence-electron chi connectivity index (χ1n) is 6.68. The van der Waals surface area contributed by atoms with E-state index in [9.17, 15) is 24.8 Å². The van der Waals surface area contributed by atoms with Crippen LogP contribution in [0.4, 0.5) is 11.4 Å². The molecule has 0 spiro atoms. The Labute approximate surface area is 145 Å². The summed E-state index contributed by atoms with van der Waals surface area (Å²) in [5.74, 6) is -0.725. The van der Waals surface area contributed by atoms with Gasteiger partial charge in [0, 0.05) is 12.1 Å². The second-order valence-corrected chi connectivity index (χ2v) is 7.09. The molecule has 0 fully saturated rings. The molecule has 1 heterocycles. The summed E-state index contributed by atoms with van der Waals surface area (Å²) in [5, 5.41) is 22.4. The molecule has 0 unspecified atom stereocenters. The maximum absolute atomic E-state index is 11.6. The van der Waals surface area contributed by atoms with Crippen molar-refractivity contribution in [2.45, 2.75) is 24.6 Å².